The van der Waals surface area contributed by atoms with Gasteiger partial charge in [-0.05, 0) is 18.2 Å². The Balaban J connectivity index is 1.93. The third-order valence-corrected chi connectivity index (χ3v) is 2.99. The molecule has 23 heavy (non-hydrogen) atoms. The number of aromatic nitrogens is 4. The summed E-state index contributed by atoms with van der Waals surface area (Å²) in [5, 5.41) is 2.38. The highest BCUT2D eigenvalue weighted by Crippen LogP contribution is 2.01. The lowest BCUT2D eigenvalue weighted by Crippen LogP contribution is -2.39. The summed E-state index contributed by atoms with van der Waals surface area (Å²) in [6.45, 7) is -0.0792. The molecular formula is C14H11N5O4. The Kier molecular flexibility index (Phi) is 3.83. The van der Waals surface area contributed by atoms with Crippen molar-refractivity contribution >= 4 is 11.9 Å². The Bertz CT molecular complexity index is 928. The number of carbonyl (C=O) groups excluding carboxylic acids is 1. The van der Waals surface area contributed by atoms with Gasteiger partial charge in [-0.15, -0.1) is 0 Å². The van der Waals surface area contributed by atoms with Gasteiger partial charge in [0.15, 0.2) is 0 Å². The molecule has 9 nitrogen and oxygen atoms in total. The number of furan rings is 1. The van der Waals surface area contributed by atoms with E-state index in [0.29, 0.717) is 5.76 Å². The van der Waals surface area contributed by atoms with E-state index >= 15 is 0 Å². The lowest BCUT2D eigenvalue weighted by molar-refractivity contribution is 0.102. The number of carbonyl (C=O) groups is 1. The molecule has 0 aliphatic heterocycles. The van der Waals surface area contributed by atoms with E-state index in [9.17, 15) is 14.4 Å². The molecule has 0 spiro atoms. The van der Waals surface area contributed by atoms with E-state index in [0.717, 1.165) is 10.8 Å². The van der Waals surface area contributed by atoms with Crippen LogP contribution in [0.4, 0.5) is 5.95 Å². The van der Waals surface area contributed by atoms with Gasteiger partial charge < -0.3 is 9.40 Å². The molecule has 0 aromatic carbocycles. The highest BCUT2D eigenvalue weighted by molar-refractivity contribution is 6.02. The van der Waals surface area contributed by atoms with Crippen molar-refractivity contribution in [2.45, 2.75) is 6.54 Å². The molecule has 0 atom stereocenters. The molecule has 0 radical (unpaired) electrons. The molecule has 0 aliphatic rings. The second-order valence-corrected chi connectivity index (χ2v) is 4.50. The first-order valence-corrected chi connectivity index (χ1v) is 6.58. The lowest BCUT2D eigenvalue weighted by atomic mass is 10.3. The molecule has 3 aromatic heterocycles. The topological polar surface area (TPSA) is 123 Å². The van der Waals surface area contributed by atoms with Crippen LogP contribution in [-0.2, 0) is 6.54 Å². The number of rotatable bonds is 4. The lowest BCUT2D eigenvalue weighted by Gasteiger charge is -2.06. The molecule has 0 saturated heterocycles. The Hall–Kier alpha value is -3.49. The number of nitrogens with one attached hydrogen (secondary N) is 2. The zero-order valence-electron chi connectivity index (χ0n) is 11.7. The van der Waals surface area contributed by atoms with Gasteiger partial charge in [-0.3, -0.25) is 19.5 Å². The van der Waals surface area contributed by atoms with Crippen molar-refractivity contribution in [3.05, 3.63) is 75.2 Å². The summed E-state index contributed by atoms with van der Waals surface area (Å²) in [4.78, 5) is 46.3. The van der Waals surface area contributed by atoms with Crippen molar-refractivity contribution in [2.75, 3.05) is 5.32 Å². The minimum atomic E-state index is -0.737. The van der Waals surface area contributed by atoms with Crippen LogP contribution >= 0.6 is 0 Å². The fourth-order valence-electron chi connectivity index (χ4n) is 1.91. The second-order valence-electron chi connectivity index (χ2n) is 4.50. The normalized spacial score (nSPS) is 10.4. The summed E-state index contributed by atoms with van der Waals surface area (Å²) in [7, 11) is 0. The predicted molar refractivity (Wildman–Crippen MR) is 79.1 cm³/mol. The predicted octanol–water partition coefficient (Wildman–Crippen LogP) is 0.220. The molecule has 2 N–H and O–H groups in total. The third-order valence-electron chi connectivity index (χ3n) is 2.99. The Morgan fingerprint density at radius 2 is 2.04 bits per heavy atom. The zero-order valence-corrected chi connectivity index (χ0v) is 11.7. The molecule has 116 valence electrons. The molecule has 0 unspecified atom stereocenters. The average Bonchev–Trinajstić information content (AvgIpc) is 3.05. The van der Waals surface area contributed by atoms with Gasteiger partial charge >= 0.3 is 5.69 Å². The first-order valence-electron chi connectivity index (χ1n) is 6.58. The molecule has 1 amide bonds. The van der Waals surface area contributed by atoms with Crippen LogP contribution in [0.1, 0.15) is 16.1 Å². The maximum Gasteiger partial charge on any atom is 0.328 e. The summed E-state index contributed by atoms with van der Waals surface area (Å²) >= 11 is 0. The molecule has 3 aromatic rings. The van der Waals surface area contributed by atoms with Crippen LogP contribution in [0.3, 0.4) is 0 Å². The Morgan fingerprint density at radius 1 is 1.26 bits per heavy atom. The van der Waals surface area contributed by atoms with E-state index in [1.807, 2.05) is 0 Å². The number of aromatic amines is 1. The van der Waals surface area contributed by atoms with Crippen molar-refractivity contribution in [1.82, 2.24) is 19.5 Å². The number of anilines is 1. The van der Waals surface area contributed by atoms with Crippen molar-refractivity contribution in [3.63, 3.8) is 0 Å². The van der Waals surface area contributed by atoms with Gasteiger partial charge in [0.1, 0.15) is 11.3 Å². The third kappa shape index (κ3) is 3.07. The van der Waals surface area contributed by atoms with E-state index in [1.165, 1.54) is 18.7 Å². The fraction of sp³-hybridized carbons (Fsp3) is 0.0714. The molecule has 0 saturated carbocycles. The van der Waals surface area contributed by atoms with Crippen LogP contribution in [0.25, 0.3) is 0 Å². The smallest absolute Gasteiger partial charge is 0.328 e. The van der Waals surface area contributed by atoms with Crippen LogP contribution in [0.2, 0.25) is 0 Å². The standard InChI is InChI=1S/C14H11N5O4/c20-11(18-13-15-4-2-5-16-13)10-7-17-14(22)19(12(10)21)8-9-3-1-6-23-9/h1-7H,8H2,(H,17,22)(H,15,16,18,20). The Labute approximate surface area is 128 Å². The summed E-state index contributed by atoms with van der Waals surface area (Å²) < 4.78 is 5.98. The van der Waals surface area contributed by atoms with Crippen LogP contribution in [0.5, 0.6) is 0 Å². The first kappa shape index (κ1) is 14.4. The summed E-state index contributed by atoms with van der Waals surface area (Å²) in [5.74, 6) is -0.243. The second kappa shape index (κ2) is 6.10. The van der Waals surface area contributed by atoms with Crippen LogP contribution in [-0.4, -0.2) is 25.4 Å². The van der Waals surface area contributed by atoms with Crippen LogP contribution < -0.4 is 16.6 Å². The molecule has 9 heteroatoms. The minimum Gasteiger partial charge on any atom is -0.467 e. The van der Waals surface area contributed by atoms with Crippen LogP contribution in [0, 0.1) is 0 Å². The first-order chi connectivity index (χ1) is 11.1. The van der Waals surface area contributed by atoms with E-state index in [-0.39, 0.29) is 18.1 Å². The molecular weight excluding hydrogens is 302 g/mol. The molecule has 3 heterocycles. The van der Waals surface area contributed by atoms with Gasteiger partial charge in [0.25, 0.3) is 11.5 Å². The zero-order chi connectivity index (χ0) is 16.2. The van der Waals surface area contributed by atoms with Crippen molar-refractivity contribution < 1.29 is 9.21 Å². The maximum atomic E-state index is 12.3. The van der Waals surface area contributed by atoms with Crippen LogP contribution in [0.15, 0.2) is 57.1 Å². The number of H-pyrrole nitrogens is 1. The largest absolute Gasteiger partial charge is 0.467 e. The molecule has 0 bridgehead atoms. The van der Waals surface area contributed by atoms with Crippen molar-refractivity contribution in [3.8, 4) is 0 Å². The van der Waals surface area contributed by atoms with E-state index in [2.05, 4.69) is 20.3 Å². The van der Waals surface area contributed by atoms with Crippen molar-refractivity contribution in [1.29, 1.82) is 0 Å². The van der Waals surface area contributed by atoms with Gasteiger partial charge in [-0.1, -0.05) is 0 Å². The summed E-state index contributed by atoms with van der Waals surface area (Å²) in [6, 6.07) is 4.85. The van der Waals surface area contributed by atoms with Gasteiger partial charge in [0, 0.05) is 18.6 Å². The van der Waals surface area contributed by atoms with Gasteiger partial charge in [-0.25, -0.2) is 14.8 Å². The summed E-state index contributed by atoms with van der Waals surface area (Å²) in [6.07, 6.45) is 5.38. The van der Waals surface area contributed by atoms with Gasteiger partial charge in [0.05, 0.1) is 12.8 Å². The number of amides is 1. The monoisotopic (exact) mass is 313 g/mol. The molecule has 0 aliphatic carbocycles. The van der Waals surface area contributed by atoms with E-state index in [4.69, 9.17) is 4.42 Å². The highest BCUT2D eigenvalue weighted by atomic mass is 16.3. The number of nitrogens with zero attached hydrogens (tertiary/aromatic N) is 3. The van der Waals surface area contributed by atoms with E-state index in [1.54, 1.807) is 18.2 Å². The van der Waals surface area contributed by atoms with Gasteiger partial charge in [-0.2, -0.15) is 0 Å². The minimum absolute atomic E-state index is 0.0562. The molecule has 3 rings (SSSR count). The SMILES string of the molecule is O=C(Nc1ncccn1)c1c[nH]c(=O)n(Cc2ccco2)c1=O. The average molecular weight is 313 g/mol. The maximum absolute atomic E-state index is 12.3. The number of hydrogen-bond acceptors (Lipinski definition) is 6. The number of hydrogen-bond donors (Lipinski definition) is 2. The molecule has 0 fully saturated rings. The quantitative estimate of drug-likeness (QED) is 0.710. The van der Waals surface area contributed by atoms with Crippen molar-refractivity contribution in [2.24, 2.45) is 0 Å². The fourth-order valence-corrected chi connectivity index (χ4v) is 1.91. The Morgan fingerprint density at radius 3 is 2.74 bits per heavy atom. The summed E-state index contributed by atoms with van der Waals surface area (Å²) in [5.41, 5.74) is -1.61. The highest BCUT2D eigenvalue weighted by Gasteiger charge is 2.16. The van der Waals surface area contributed by atoms with Gasteiger partial charge in [0.2, 0.25) is 5.95 Å². The van der Waals surface area contributed by atoms with E-state index < -0.39 is 17.2 Å².